The Labute approximate surface area is 382 Å². The molecular formula is C59H33N7O. The minimum absolute atomic E-state index is 0.628. The molecule has 0 N–H and O–H groups in total. The standard InChI is InChI=1S/C59H33N7O/c60-33-35-17-23-52-43(29-35)40-10-2-5-15-50(40)64(52)37-18-21-45-55(31-37)67-56-32-38(19-22-46(56)59(45)47-12-7-26-62-57(47)58-48(59)13-8-27-63-58)65-51-16-6-3-11-41(51)44-30-36(20-24-53(44)65)66-49-14-4-1-9-39(49)42-25-28-61-34-54(42)66/h1-32,34H. The predicted molar refractivity (Wildman–Crippen MR) is 265 cm³/mol. The van der Waals surface area contributed by atoms with E-state index in [2.05, 4.69) is 170 Å². The van der Waals surface area contributed by atoms with Crippen molar-refractivity contribution in [3.63, 3.8) is 0 Å². The van der Waals surface area contributed by atoms with E-state index in [1.807, 2.05) is 55.1 Å². The number of fused-ring (bicyclic) bond motifs is 18. The molecular weight excluding hydrogens is 823 g/mol. The number of hydrogen-bond donors (Lipinski definition) is 0. The van der Waals surface area contributed by atoms with Gasteiger partial charge >= 0.3 is 0 Å². The molecule has 0 radical (unpaired) electrons. The van der Waals surface area contributed by atoms with Gasteiger partial charge in [-0.2, -0.15) is 5.26 Å². The van der Waals surface area contributed by atoms with Gasteiger partial charge in [-0.3, -0.25) is 15.0 Å². The Morgan fingerprint density at radius 3 is 1.48 bits per heavy atom. The lowest BCUT2D eigenvalue weighted by molar-refractivity contribution is 0.436. The van der Waals surface area contributed by atoms with Crippen molar-refractivity contribution < 1.29 is 4.74 Å². The summed E-state index contributed by atoms with van der Waals surface area (Å²) in [7, 11) is 0. The number of hydrogen-bond acceptors (Lipinski definition) is 5. The highest BCUT2D eigenvalue weighted by Gasteiger charge is 2.52. The van der Waals surface area contributed by atoms with Crippen molar-refractivity contribution in [2.75, 3.05) is 0 Å². The first-order valence-corrected chi connectivity index (χ1v) is 22.4. The van der Waals surface area contributed by atoms with E-state index in [-0.39, 0.29) is 0 Å². The van der Waals surface area contributed by atoms with E-state index in [0.29, 0.717) is 5.56 Å². The first-order valence-electron chi connectivity index (χ1n) is 22.4. The number of nitrogens with zero attached hydrogens (tertiary/aromatic N) is 7. The van der Waals surface area contributed by atoms with Crippen LogP contribution in [0.15, 0.2) is 201 Å². The number of nitriles is 1. The van der Waals surface area contributed by atoms with Gasteiger partial charge in [0, 0.05) is 91.2 Å². The Balaban J connectivity index is 0.966. The lowest BCUT2D eigenvalue weighted by Gasteiger charge is -2.39. The third-order valence-corrected chi connectivity index (χ3v) is 14.3. The molecule has 0 atom stereocenters. The maximum Gasteiger partial charge on any atom is 0.134 e. The van der Waals surface area contributed by atoms with E-state index < -0.39 is 5.41 Å². The summed E-state index contributed by atoms with van der Waals surface area (Å²) in [6.07, 6.45) is 7.55. The van der Waals surface area contributed by atoms with Gasteiger partial charge in [0.05, 0.1) is 67.7 Å². The highest BCUT2D eigenvalue weighted by atomic mass is 16.5. The van der Waals surface area contributed by atoms with E-state index in [0.717, 1.165) is 117 Å². The molecule has 1 aliphatic heterocycles. The molecule has 2 aliphatic rings. The molecule has 8 nitrogen and oxygen atoms in total. The van der Waals surface area contributed by atoms with E-state index >= 15 is 0 Å². The molecule has 15 rings (SSSR count). The predicted octanol–water partition coefficient (Wildman–Crippen LogP) is 13.5. The molecule has 1 aliphatic carbocycles. The fourth-order valence-corrected chi connectivity index (χ4v) is 11.7. The fraction of sp³-hybridized carbons (Fsp3) is 0.0169. The van der Waals surface area contributed by atoms with Gasteiger partial charge in [-0.05, 0) is 96.1 Å². The van der Waals surface area contributed by atoms with Gasteiger partial charge in [-0.15, -0.1) is 0 Å². The minimum Gasteiger partial charge on any atom is -0.457 e. The van der Waals surface area contributed by atoms with Gasteiger partial charge in [0.25, 0.3) is 0 Å². The smallest absolute Gasteiger partial charge is 0.134 e. The second-order valence-corrected chi connectivity index (χ2v) is 17.5. The number of rotatable bonds is 3. The molecule has 6 aromatic heterocycles. The summed E-state index contributed by atoms with van der Waals surface area (Å²) in [6, 6.07) is 64.5. The SMILES string of the molecule is N#Cc1ccc2c(c1)c1ccccc1n2-c1ccc2c(c1)Oc1cc(-n3c4ccccc4c4cc(-n5c6ccccc6c6ccncc65)ccc43)ccc1C21c2cccnc2-c2ncccc21. The molecule has 1 spiro atoms. The quantitative estimate of drug-likeness (QED) is 0.177. The summed E-state index contributed by atoms with van der Waals surface area (Å²) in [5.41, 5.74) is 15.3. The van der Waals surface area contributed by atoms with Crippen LogP contribution in [0, 0.1) is 11.3 Å². The van der Waals surface area contributed by atoms with Crippen LogP contribution in [-0.4, -0.2) is 28.7 Å². The van der Waals surface area contributed by atoms with Crippen LogP contribution in [-0.2, 0) is 5.41 Å². The van der Waals surface area contributed by atoms with Crippen molar-refractivity contribution in [2.45, 2.75) is 5.41 Å². The number of pyridine rings is 3. The van der Waals surface area contributed by atoms with E-state index in [9.17, 15) is 5.26 Å². The topological polar surface area (TPSA) is 86.5 Å². The molecule has 0 fully saturated rings. The second-order valence-electron chi connectivity index (χ2n) is 17.5. The van der Waals surface area contributed by atoms with E-state index in [4.69, 9.17) is 14.7 Å². The highest BCUT2D eigenvalue weighted by molar-refractivity contribution is 6.13. The summed E-state index contributed by atoms with van der Waals surface area (Å²) in [5, 5.41) is 16.7. The lowest BCUT2D eigenvalue weighted by Crippen LogP contribution is -2.32. The van der Waals surface area contributed by atoms with E-state index in [1.165, 1.54) is 10.8 Å². The van der Waals surface area contributed by atoms with Crippen LogP contribution < -0.4 is 4.74 Å². The summed E-state index contributed by atoms with van der Waals surface area (Å²) in [5.74, 6) is 1.51. The largest absolute Gasteiger partial charge is 0.457 e. The molecule has 0 amide bonds. The third kappa shape index (κ3) is 4.66. The van der Waals surface area contributed by atoms with Gasteiger partial charge in [-0.25, -0.2) is 0 Å². The Hall–Kier alpha value is -9.32. The molecule has 8 heteroatoms. The van der Waals surface area contributed by atoms with Crippen molar-refractivity contribution in [2.24, 2.45) is 0 Å². The average molecular weight is 856 g/mol. The summed E-state index contributed by atoms with van der Waals surface area (Å²) in [6.45, 7) is 0. The average Bonchev–Trinajstić information content (AvgIpc) is 4.10. The highest BCUT2D eigenvalue weighted by Crippen LogP contribution is 2.61. The Morgan fingerprint density at radius 2 is 0.881 bits per heavy atom. The van der Waals surface area contributed by atoms with Crippen molar-refractivity contribution in [3.05, 3.63) is 229 Å². The maximum atomic E-state index is 9.85. The van der Waals surface area contributed by atoms with Crippen molar-refractivity contribution in [1.82, 2.24) is 28.7 Å². The van der Waals surface area contributed by atoms with Crippen molar-refractivity contribution in [3.8, 4) is 46.0 Å². The second kappa shape index (κ2) is 13.1. The zero-order valence-corrected chi connectivity index (χ0v) is 35.6. The molecule has 310 valence electrons. The first-order chi connectivity index (χ1) is 33.2. The zero-order chi connectivity index (χ0) is 44.0. The molecule has 0 bridgehead atoms. The van der Waals surface area contributed by atoms with Gasteiger partial charge in [0.2, 0.25) is 0 Å². The normalized spacial score (nSPS) is 13.3. The van der Waals surface area contributed by atoms with Crippen molar-refractivity contribution >= 4 is 65.4 Å². The third-order valence-electron chi connectivity index (χ3n) is 14.3. The van der Waals surface area contributed by atoms with Crippen LogP contribution in [0.25, 0.3) is 93.9 Å². The molecule has 7 heterocycles. The Bertz CT molecular complexity index is 4260. The number of ether oxygens (including phenoxy) is 1. The lowest BCUT2D eigenvalue weighted by atomic mass is 9.66. The molecule has 7 aromatic carbocycles. The minimum atomic E-state index is -0.761. The van der Waals surface area contributed by atoms with Crippen LogP contribution in [0.2, 0.25) is 0 Å². The Kier molecular flexibility index (Phi) is 7.07. The molecule has 0 saturated carbocycles. The summed E-state index contributed by atoms with van der Waals surface area (Å²) >= 11 is 0. The zero-order valence-electron chi connectivity index (χ0n) is 35.6. The van der Waals surface area contributed by atoms with Crippen LogP contribution >= 0.6 is 0 Å². The van der Waals surface area contributed by atoms with Gasteiger partial charge in [0.15, 0.2) is 0 Å². The maximum absolute atomic E-state index is 9.85. The summed E-state index contributed by atoms with van der Waals surface area (Å²) in [4.78, 5) is 14.5. The molecule has 0 unspecified atom stereocenters. The monoisotopic (exact) mass is 855 g/mol. The van der Waals surface area contributed by atoms with Gasteiger partial charge in [0.1, 0.15) is 11.5 Å². The van der Waals surface area contributed by atoms with Crippen LogP contribution in [0.1, 0.15) is 27.8 Å². The van der Waals surface area contributed by atoms with Gasteiger partial charge < -0.3 is 18.4 Å². The summed E-state index contributed by atoms with van der Waals surface area (Å²) < 4.78 is 14.2. The van der Waals surface area contributed by atoms with E-state index in [1.54, 1.807) is 0 Å². The molecule has 13 aromatic rings. The molecule has 67 heavy (non-hydrogen) atoms. The van der Waals surface area contributed by atoms with Crippen LogP contribution in [0.4, 0.5) is 0 Å². The Morgan fingerprint density at radius 1 is 0.403 bits per heavy atom. The first kappa shape index (κ1) is 36.1. The number of benzene rings is 7. The number of aromatic nitrogens is 6. The number of para-hydroxylation sites is 3. The van der Waals surface area contributed by atoms with Gasteiger partial charge in [-0.1, -0.05) is 78.9 Å². The molecule has 0 saturated heterocycles. The fourth-order valence-electron chi connectivity index (χ4n) is 11.7. The van der Waals surface area contributed by atoms with Crippen molar-refractivity contribution in [1.29, 1.82) is 5.26 Å². The van der Waals surface area contributed by atoms with Crippen LogP contribution in [0.3, 0.4) is 0 Å². The van der Waals surface area contributed by atoms with Crippen LogP contribution in [0.5, 0.6) is 11.5 Å².